The molecule has 2 aromatic rings. The van der Waals surface area contributed by atoms with Gasteiger partial charge >= 0.3 is 5.97 Å². The molecule has 6 nitrogen and oxygen atoms in total. The lowest BCUT2D eigenvalue weighted by atomic mass is 10.0. The summed E-state index contributed by atoms with van der Waals surface area (Å²) in [7, 11) is -1.74. The maximum atomic E-state index is 12.4. The molecule has 0 heterocycles. The molecule has 2 atom stereocenters. The van der Waals surface area contributed by atoms with E-state index in [1.807, 2.05) is 60.7 Å². The van der Waals surface area contributed by atoms with Crippen LogP contribution in [-0.4, -0.2) is 45.7 Å². The van der Waals surface area contributed by atoms with Gasteiger partial charge in [-0.2, -0.15) is 0 Å². The van der Waals surface area contributed by atoms with E-state index in [0.29, 0.717) is 32.5 Å². The maximum Gasteiger partial charge on any atom is 0.305 e. The van der Waals surface area contributed by atoms with Crippen molar-refractivity contribution in [3.8, 4) is 5.75 Å². The second kappa shape index (κ2) is 16.3. The molecule has 0 aliphatic carbocycles. The van der Waals surface area contributed by atoms with Crippen LogP contribution in [0.15, 0.2) is 60.7 Å². The number of benzene rings is 2. The van der Waals surface area contributed by atoms with Gasteiger partial charge in [0.05, 0.1) is 25.1 Å². The highest BCUT2D eigenvalue weighted by atomic mass is 32.2. The highest BCUT2D eigenvalue weighted by Crippen LogP contribution is 2.20. The molecule has 0 radical (unpaired) electrons. The van der Waals surface area contributed by atoms with E-state index in [4.69, 9.17) is 9.47 Å². The van der Waals surface area contributed by atoms with Gasteiger partial charge in [0, 0.05) is 12.7 Å². The Balaban J connectivity index is 1.81. The van der Waals surface area contributed by atoms with E-state index in [1.165, 1.54) is 13.4 Å². The minimum atomic E-state index is -3.13. The molecule has 0 bridgehead atoms. The second-order valence-corrected chi connectivity index (χ2v) is 11.3. The molecule has 7 heteroatoms. The van der Waals surface area contributed by atoms with Gasteiger partial charge in [0.1, 0.15) is 22.2 Å². The highest BCUT2D eigenvalue weighted by molar-refractivity contribution is 7.91. The molecule has 35 heavy (non-hydrogen) atoms. The van der Waals surface area contributed by atoms with Crippen molar-refractivity contribution in [1.29, 1.82) is 0 Å². The highest BCUT2D eigenvalue weighted by Gasteiger charge is 2.21. The third-order valence-corrected chi connectivity index (χ3v) is 7.73. The van der Waals surface area contributed by atoms with Gasteiger partial charge in [0.2, 0.25) is 0 Å². The minimum Gasteiger partial charge on any atom is -0.491 e. The Hall–Kier alpha value is -2.38. The van der Waals surface area contributed by atoms with Crippen LogP contribution in [0.5, 0.6) is 5.75 Å². The Kier molecular flexibility index (Phi) is 13.5. The summed E-state index contributed by atoms with van der Waals surface area (Å²) in [5.41, 5.74) is 1.10. The molecule has 0 saturated heterocycles. The summed E-state index contributed by atoms with van der Waals surface area (Å²) >= 11 is 0. The van der Waals surface area contributed by atoms with E-state index in [2.05, 4.69) is 4.74 Å². The van der Waals surface area contributed by atoms with Gasteiger partial charge in [-0.25, -0.2) is 8.42 Å². The van der Waals surface area contributed by atoms with E-state index in [1.54, 1.807) is 0 Å². The molecule has 2 aromatic carbocycles. The summed E-state index contributed by atoms with van der Waals surface area (Å²) < 4.78 is 41.5. The topological polar surface area (TPSA) is 78.9 Å². The molecule has 0 saturated carbocycles. The van der Waals surface area contributed by atoms with E-state index >= 15 is 0 Å². The number of unbranched alkanes of at least 4 members (excludes halogenated alkanes) is 3. The molecule has 0 spiro atoms. The number of rotatable bonds is 18. The summed E-state index contributed by atoms with van der Waals surface area (Å²) in [6.07, 6.45) is 7.77. The first kappa shape index (κ1) is 28.9. The monoisotopic (exact) mass is 504 g/mol. The van der Waals surface area contributed by atoms with E-state index in [9.17, 15) is 13.2 Å². The number of esters is 1. The van der Waals surface area contributed by atoms with Crippen LogP contribution in [0.25, 0.3) is 0 Å². The fraction of sp³-hybridized carbons (Fsp3) is 0.536. The zero-order valence-electron chi connectivity index (χ0n) is 21.1. The van der Waals surface area contributed by atoms with Crippen LogP contribution in [0.1, 0.15) is 63.4 Å². The van der Waals surface area contributed by atoms with Crippen LogP contribution in [0.3, 0.4) is 0 Å². The van der Waals surface area contributed by atoms with Crippen LogP contribution in [0.4, 0.5) is 0 Å². The molecule has 0 fully saturated rings. The number of hydrogen-bond acceptors (Lipinski definition) is 6. The molecule has 0 aromatic heterocycles. The van der Waals surface area contributed by atoms with Crippen molar-refractivity contribution >= 4 is 15.8 Å². The predicted octanol–water partition coefficient (Wildman–Crippen LogP) is 5.75. The van der Waals surface area contributed by atoms with Crippen molar-refractivity contribution < 1.29 is 27.4 Å². The van der Waals surface area contributed by atoms with E-state index < -0.39 is 9.84 Å². The molecule has 0 aliphatic heterocycles. The third-order valence-electron chi connectivity index (χ3n) is 6.05. The molecule has 0 aliphatic rings. The lowest BCUT2D eigenvalue weighted by Gasteiger charge is -2.20. The minimum absolute atomic E-state index is 0.131. The largest absolute Gasteiger partial charge is 0.491 e. The van der Waals surface area contributed by atoms with Gasteiger partial charge in [0.25, 0.3) is 0 Å². The van der Waals surface area contributed by atoms with Gasteiger partial charge < -0.3 is 14.2 Å². The summed E-state index contributed by atoms with van der Waals surface area (Å²) in [5, 5.41) is -0.354. The first-order valence-electron chi connectivity index (χ1n) is 12.5. The Morgan fingerprint density at radius 2 is 1.46 bits per heavy atom. The number of methoxy groups -OCH3 is 1. The average molecular weight is 505 g/mol. The van der Waals surface area contributed by atoms with Gasteiger partial charge in [-0.1, -0.05) is 67.8 Å². The molecular weight excluding hydrogens is 464 g/mol. The Bertz CT molecular complexity index is 887. The van der Waals surface area contributed by atoms with E-state index in [0.717, 1.165) is 49.8 Å². The van der Waals surface area contributed by atoms with Crippen molar-refractivity contribution in [2.45, 2.75) is 75.7 Å². The lowest BCUT2D eigenvalue weighted by molar-refractivity contribution is -0.140. The maximum absolute atomic E-state index is 12.4. The molecule has 2 unspecified atom stereocenters. The summed E-state index contributed by atoms with van der Waals surface area (Å²) in [6, 6.07) is 19.6. The lowest BCUT2D eigenvalue weighted by Crippen LogP contribution is -2.24. The average Bonchev–Trinajstić information content (AvgIpc) is 2.86. The van der Waals surface area contributed by atoms with Crippen LogP contribution < -0.4 is 4.74 Å². The van der Waals surface area contributed by atoms with Gasteiger partial charge in [-0.3, -0.25) is 4.79 Å². The Morgan fingerprint density at radius 1 is 0.829 bits per heavy atom. The first-order valence-corrected chi connectivity index (χ1v) is 14.4. The molecule has 0 amide bonds. The first-order chi connectivity index (χ1) is 16.9. The molecule has 2 rings (SSSR count). The third kappa shape index (κ3) is 12.8. The number of hydrogen-bond donors (Lipinski definition) is 0. The fourth-order valence-corrected chi connectivity index (χ4v) is 5.14. The Labute approximate surface area is 210 Å². The quantitative estimate of drug-likeness (QED) is 0.190. The van der Waals surface area contributed by atoms with Gasteiger partial charge in [0.15, 0.2) is 0 Å². The van der Waals surface area contributed by atoms with Crippen LogP contribution in [-0.2, 0) is 30.7 Å². The van der Waals surface area contributed by atoms with Crippen LogP contribution in [0.2, 0.25) is 0 Å². The molecule has 0 N–H and O–H groups in total. The van der Waals surface area contributed by atoms with Gasteiger partial charge in [-0.15, -0.1) is 0 Å². The fourth-order valence-electron chi connectivity index (χ4n) is 3.95. The summed E-state index contributed by atoms with van der Waals surface area (Å²) in [4.78, 5) is 11.2. The van der Waals surface area contributed by atoms with Crippen LogP contribution >= 0.6 is 0 Å². The van der Waals surface area contributed by atoms with E-state index in [-0.39, 0.29) is 17.3 Å². The summed E-state index contributed by atoms with van der Waals surface area (Å²) in [6.45, 7) is 0.908. The van der Waals surface area contributed by atoms with Crippen molar-refractivity contribution in [2.75, 3.05) is 20.0 Å². The summed E-state index contributed by atoms with van der Waals surface area (Å²) in [5.74, 6) is 0.598. The standard InChI is InChI=1S/C28H40O6S/c1-32-28(29)21-12-4-3-11-19-27(35(2,30)31)20-13-18-26(23-34-25-16-9-6-10-17-25)33-22-24-14-7-5-8-15-24/h5-10,14-17,26-27H,3-4,11-13,18-23H2,1-2H3. The number of para-hydroxylation sites is 1. The SMILES string of the molecule is COC(=O)CCCCCCC(CCCC(COc1ccccc1)OCc1ccccc1)S(C)(=O)=O. The van der Waals surface area contributed by atoms with Crippen molar-refractivity contribution in [1.82, 2.24) is 0 Å². The van der Waals surface area contributed by atoms with Crippen molar-refractivity contribution in [3.05, 3.63) is 66.2 Å². The number of ether oxygens (including phenoxy) is 3. The molecule has 194 valence electrons. The number of carbonyl (C=O) groups excluding carboxylic acids is 1. The second-order valence-electron chi connectivity index (χ2n) is 8.95. The van der Waals surface area contributed by atoms with Gasteiger partial charge in [-0.05, 0) is 49.8 Å². The number of sulfone groups is 1. The van der Waals surface area contributed by atoms with Crippen LogP contribution in [0, 0.1) is 0 Å². The normalized spacial score (nSPS) is 13.2. The number of carbonyl (C=O) groups is 1. The smallest absolute Gasteiger partial charge is 0.305 e. The predicted molar refractivity (Wildman–Crippen MR) is 139 cm³/mol. The van der Waals surface area contributed by atoms with Crippen molar-refractivity contribution in [3.63, 3.8) is 0 Å². The van der Waals surface area contributed by atoms with Crippen molar-refractivity contribution in [2.24, 2.45) is 0 Å². The molecular formula is C28H40O6S. The zero-order valence-corrected chi connectivity index (χ0v) is 21.9. The zero-order chi connectivity index (χ0) is 25.4. The Morgan fingerprint density at radius 3 is 2.11 bits per heavy atom.